The van der Waals surface area contributed by atoms with E-state index in [4.69, 9.17) is 16.6 Å². The SMILES string of the molecule is CCN(CCc1cnc2c(C(=O)CN3CCCCC3)c(C)n(-c3ccc(Cl)cc3)c2c1)S(C)(=O)=O. The molecule has 1 aliphatic heterocycles. The van der Waals surface area contributed by atoms with Crippen LogP contribution in [0.1, 0.15) is 47.8 Å². The molecule has 1 aliphatic rings. The van der Waals surface area contributed by atoms with E-state index in [0.717, 1.165) is 48.4 Å². The van der Waals surface area contributed by atoms with Crippen molar-refractivity contribution < 1.29 is 13.2 Å². The van der Waals surface area contributed by atoms with Crippen LogP contribution in [0.3, 0.4) is 0 Å². The molecule has 2 aromatic heterocycles. The van der Waals surface area contributed by atoms with E-state index in [1.165, 1.54) is 17.0 Å². The molecule has 4 rings (SSSR count). The summed E-state index contributed by atoms with van der Waals surface area (Å²) in [5.74, 6) is 0.0802. The quantitative estimate of drug-likeness (QED) is 0.392. The minimum absolute atomic E-state index is 0.0802. The van der Waals surface area contributed by atoms with Crippen molar-refractivity contribution in [3.63, 3.8) is 0 Å². The predicted molar refractivity (Wildman–Crippen MR) is 141 cm³/mol. The van der Waals surface area contributed by atoms with Gasteiger partial charge in [-0.2, -0.15) is 0 Å². The number of ketones is 1. The van der Waals surface area contributed by atoms with E-state index >= 15 is 0 Å². The van der Waals surface area contributed by atoms with Crippen LogP contribution in [-0.2, 0) is 16.4 Å². The summed E-state index contributed by atoms with van der Waals surface area (Å²) >= 11 is 6.13. The van der Waals surface area contributed by atoms with Crippen LogP contribution in [0.5, 0.6) is 0 Å². The Morgan fingerprint density at radius 3 is 2.46 bits per heavy atom. The Hall–Kier alpha value is -2.26. The molecule has 3 aromatic rings. The zero-order chi connectivity index (χ0) is 25.2. The molecule has 188 valence electrons. The summed E-state index contributed by atoms with van der Waals surface area (Å²) in [5, 5.41) is 0.642. The molecule has 0 spiro atoms. The van der Waals surface area contributed by atoms with Crippen LogP contribution in [0.2, 0.25) is 5.02 Å². The smallest absolute Gasteiger partial charge is 0.211 e. The number of pyridine rings is 1. The maximum Gasteiger partial charge on any atom is 0.211 e. The van der Waals surface area contributed by atoms with Crippen LogP contribution >= 0.6 is 11.6 Å². The maximum atomic E-state index is 13.5. The number of nitrogens with zero attached hydrogens (tertiary/aromatic N) is 4. The van der Waals surface area contributed by atoms with Gasteiger partial charge in [0.05, 0.1) is 29.4 Å². The molecule has 35 heavy (non-hydrogen) atoms. The van der Waals surface area contributed by atoms with Crippen LogP contribution in [0, 0.1) is 6.92 Å². The van der Waals surface area contributed by atoms with Crippen molar-refractivity contribution in [2.45, 2.75) is 39.5 Å². The average molecular weight is 517 g/mol. The molecule has 0 amide bonds. The molecule has 0 atom stereocenters. The van der Waals surface area contributed by atoms with E-state index in [2.05, 4.69) is 9.47 Å². The zero-order valence-corrected chi connectivity index (χ0v) is 22.2. The number of likely N-dealkylation sites (tertiary alicyclic amines) is 1. The van der Waals surface area contributed by atoms with E-state index in [1.807, 2.05) is 44.2 Å². The van der Waals surface area contributed by atoms with Crippen molar-refractivity contribution in [1.29, 1.82) is 0 Å². The summed E-state index contributed by atoms with van der Waals surface area (Å²) in [6.07, 6.45) is 7.00. The average Bonchev–Trinajstić information content (AvgIpc) is 3.11. The number of aromatic nitrogens is 2. The summed E-state index contributed by atoms with van der Waals surface area (Å²) in [6, 6.07) is 9.56. The lowest BCUT2D eigenvalue weighted by Gasteiger charge is -2.25. The minimum atomic E-state index is -3.26. The first-order valence-electron chi connectivity index (χ1n) is 12.2. The van der Waals surface area contributed by atoms with E-state index in [-0.39, 0.29) is 5.78 Å². The molecule has 3 heterocycles. The van der Waals surface area contributed by atoms with Crippen LogP contribution in [-0.4, -0.2) is 71.9 Å². The Bertz CT molecular complexity index is 1310. The zero-order valence-electron chi connectivity index (χ0n) is 20.6. The van der Waals surface area contributed by atoms with E-state index in [9.17, 15) is 13.2 Å². The standard InChI is InChI=1S/C26H33ClN4O3S/c1-4-30(35(3,33)34)15-12-20-16-23-26(28-17-20)25(24(32)18-29-13-6-5-7-14-29)19(2)31(23)22-10-8-21(27)9-11-22/h8-11,16-17H,4-7,12-15,18H2,1-3H3. The van der Waals surface area contributed by atoms with Gasteiger partial charge in [-0.3, -0.25) is 14.7 Å². The van der Waals surface area contributed by atoms with Crippen molar-refractivity contribution >= 4 is 38.4 Å². The Kier molecular flexibility index (Phi) is 7.96. The van der Waals surface area contributed by atoms with Gasteiger partial charge in [0.15, 0.2) is 5.78 Å². The number of Topliss-reactive ketones (excluding diaryl/α,β-unsaturated/α-hetero) is 1. The predicted octanol–water partition coefficient (Wildman–Crippen LogP) is 4.48. The fraction of sp³-hybridized carbons (Fsp3) is 0.462. The molecule has 0 unspecified atom stereocenters. The fourth-order valence-electron chi connectivity index (χ4n) is 4.93. The molecule has 1 saturated heterocycles. The molecule has 0 bridgehead atoms. The van der Waals surface area contributed by atoms with Crippen LogP contribution in [0.25, 0.3) is 16.7 Å². The molecule has 0 aliphatic carbocycles. The van der Waals surface area contributed by atoms with Crippen LogP contribution < -0.4 is 0 Å². The second-order valence-electron chi connectivity index (χ2n) is 9.25. The van der Waals surface area contributed by atoms with Crippen molar-refractivity contribution in [2.24, 2.45) is 0 Å². The summed E-state index contributed by atoms with van der Waals surface area (Å²) in [5.41, 5.74) is 4.84. The monoisotopic (exact) mass is 516 g/mol. The van der Waals surface area contributed by atoms with E-state index in [1.54, 1.807) is 6.20 Å². The summed E-state index contributed by atoms with van der Waals surface area (Å²) in [7, 11) is -3.26. The number of halogens is 1. The van der Waals surface area contributed by atoms with Crippen molar-refractivity contribution in [1.82, 2.24) is 18.8 Å². The summed E-state index contributed by atoms with van der Waals surface area (Å²) in [6.45, 7) is 6.89. The maximum absolute atomic E-state index is 13.5. The lowest BCUT2D eigenvalue weighted by Crippen LogP contribution is -2.34. The molecule has 0 radical (unpaired) electrons. The molecular formula is C26H33ClN4O3S. The highest BCUT2D eigenvalue weighted by molar-refractivity contribution is 7.88. The highest BCUT2D eigenvalue weighted by Crippen LogP contribution is 2.30. The number of piperidine rings is 1. The lowest BCUT2D eigenvalue weighted by atomic mass is 10.1. The number of rotatable bonds is 9. The highest BCUT2D eigenvalue weighted by atomic mass is 35.5. The van der Waals surface area contributed by atoms with Crippen molar-refractivity contribution in [3.05, 3.63) is 58.4 Å². The van der Waals surface area contributed by atoms with Gasteiger partial charge in [0.1, 0.15) is 0 Å². The largest absolute Gasteiger partial charge is 0.312 e. The number of likely N-dealkylation sites (N-methyl/N-ethyl adjacent to an activating group) is 1. The fourth-order valence-corrected chi connectivity index (χ4v) is 5.95. The first kappa shape index (κ1) is 25.8. The number of sulfonamides is 1. The number of benzene rings is 1. The topological polar surface area (TPSA) is 75.5 Å². The van der Waals surface area contributed by atoms with E-state index < -0.39 is 10.0 Å². The Morgan fingerprint density at radius 1 is 1.14 bits per heavy atom. The molecule has 1 fully saturated rings. The third kappa shape index (κ3) is 5.77. The molecule has 9 heteroatoms. The Balaban J connectivity index is 1.75. The van der Waals surface area contributed by atoms with E-state index in [0.29, 0.717) is 42.2 Å². The van der Waals surface area contributed by atoms with Gasteiger partial charge in [-0.15, -0.1) is 0 Å². The van der Waals surface area contributed by atoms with Crippen molar-refractivity contribution in [3.8, 4) is 5.69 Å². The highest BCUT2D eigenvalue weighted by Gasteiger charge is 2.25. The number of hydrogen-bond donors (Lipinski definition) is 0. The van der Waals surface area contributed by atoms with Gasteiger partial charge in [0.2, 0.25) is 10.0 Å². The van der Waals surface area contributed by atoms with Crippen LogP contribution in [0.15, 0.2) is 36.5 Å². The first-order valence-corrected chi connectivity index (χ1v) is 14.4. The van der Waals surface area contributed by atoms with Gasteiger partial charge in [0.25, 0.3) is 0 Å². The number of carbonyl (C=O) groups is 1. The molecule has 7 nitrogen and oxygen atoms in total. The number of fused-ring (bicyclic) bond motifs is 1. The molecule has 0 saturated carbocycles. The van der Waals surface area contributed by atoms with Gasteiger partial charge in [0, 0.05) is 35.7 Å². The number of hydrogen-bond acceptors (Lipinski definition) is 5. The summed E-state index contributed by atoms with van der Waals surface area (Å²) in [4.78, 5) is 20.5. The molecular weight excluding hydrogens is 484 g/mol. The van der Waals surface area contributed by atoms with Gasteiger partial charge in [-0.25, -0.2) is 12.7 Å². The normalized spacial score (nSPS) is 15.2. The van der Waals surface area contributed by atoms with Gasteiger partial charge < -0.3 is 4.57 Å². The Labute approximate surface area is 212 Å². The third-order valence-corrected chi connectivity index (χ3v) is 8.38. The second kappa shape index (κ2) is 10.8. The molecule has 0 N–H and O–H groups in total. The lowest BCUT2D eigenvalue weighted by molar-refractivity contribution is 0.0916. The summed E-state index contributed by atoms with van der Waals surface area (Å²) < 4.78 is 27.5. The molecule has 1 aromatic carbocycles. The second-order valence-corrected chi connectivity index (χ2v) is 11.7. The van der Waals surface area contributed by atoms with Gasteiger partial charge in [-0.1, -0.05) is 24.9 Å². The van der Waals surface area contributed by atoms with Gasteiger partial charge >= 0.3 is 0 Å². The number of carbonyl (C=O) groups excluding carboxylic acids is 1. The van der Waals surface area contributed by atoms with Crippen molar-refractivity contribution in [2.75, 3.05) is 39.0 Å². The minimum Gasteiger partial charge on any atom is -0.312 e. The van der Waals surface area contributed by atoms with Gasteiger partial charge in [-0.05, 0) is 75.2 Å². The third-order valence-electron chi connectivity index (χ3n) is 6.75. The Morgan fingerprint density at radius 2 is 1.83 bits per heavy atom. The first-order chi connectivity index (χ1) is 16.7. The van der Waals surface area contributed by atoms with Crippen LogP contribution in [0.4, 0.5) is 0 Å².